The van der Waals surface area contributed by atoms with Crippen LogP contribution in [0.1, 0.15) is 5.56 Å². The fourth-order valence-corrected chi connectivity index (χ4v) is 0.887. The molecule has 0 aliphatic carbocycles. The summed E-state index contributed by atoms with van der Waals surface area (Å²) in [4.78, 5) is 10.2. The summed E-state index contributed by atoms with van der Waals surface area (Å²) >= 11 is 0. The first-order valence-corrected chi connectivity index (χ1v) is 3.37. The molecule has 0 fully saturated rings. The zero-order valence-electron chi connectivity index (χ0n) is 6.81. The van der Waals surface area contributed by atoms with Gasteiger partial charge in [0.05, 0.1) is 12.7 Å². The predicted molar refractivity (Wildman–Crippen MR) is 44.8 cm³/mol. The van der Waals surface area contributed by atoms with Crippen molar-refractivity contribution in [3.05, 3.63) is 22.6 Å². The minimum atomic E-state index is -0.280. The Labute approximate surface area is 74.2 Å². The number of nitrogens with zero attached hydrogens (tertiary/aromatic N) is 2. The molecular formula is C8H6N2O3. The van der Waals surface area contributed by atoms with Crippen molar-refractivity contribution < 1.29 is 9.84 Å². The molecule has 0 saturated heterocycles. The predicted octanol–water partition coefficient (Wildman–Crippen LogP) is 1.67. The molecule has 0 heterocycles. The number of hydrogen-bond donors (Lipinski definition) is 1. The molecular weight excluding hydrogens is 172 g/mol. The third-order valence-corrected chi connectivity index (χ3v) is 1.51. The minimum absolute atomic E-state index is 0.0334. The Bertz CT molecular complexity index is 382. The molecule has 1 aromatic rings. The van der Waals surface area contributed by atoms with Crippen LogP contribution < -0.4 is 4.74 Å². The number of rotatable bonds is 2. The topological polar surface area (TPSA) is 82.7 Å². The number of phenolic OH excluding ortho intramolecular Hbond substituents is 1. The average Bonchev–Trinajstić information content (AvgIpc) is 2.18. The molecule has 0 aliphatic heterocycles. The standard InChI is InChI=1S/C8H6N2O3/c1-13-7-3-6(10-12)2-5(4-9)8(7)11/h2-3,11H,1H3. The van der Waals surface area contributed by atoms with E-state index < -0.39 is 0 Å². The van der Waals surface area contributed by atoms with Gasteiger partial charge in [0, 0.05) is 6.07 Å². The number of phenols is 1. The Hall–Kier alpha value is -2.09. The zero-order chi connectivity index (χ0) is 9.84. The summed E-state index contributed by atoms with van der Waals surface area (Å²) in [6.45, 7) is 0. The lowest BCUT2D eigenvalue weighted by atomic mass is 10.2. The van der Waals surface area contributed by atoms with E-state index in [1.54, 1.807) is 6.07 Å². The Morgan fingerprint density at radius 1 is 1.62 bits per heavy atom. The highest BCUT2D eigenvalue weighted by Gasteiger charge is 2.10. The van der Waals surface area contributed by atoms with Crippen molar-refractivity contribution in [1.29, 1.82) is 5.26 Å². The molecule has 0 spiro atoms. The molecule has 5 nitrogen and oxygen atoms in total. The minimum Gasteiger partial charge on any atom is -0.503 e. The van der Waals surface area contributed by atoms with Crippen LogP contribution in [0.25, 0.3) is 0 Å². The van der Waals surface area contributed by atoms with Gasteiger partial charge in [0.2, 0.25) is 0 Å². The number of aromatic hydroxyl groups is 1. The van der Waals surface area contributed by atoms with Crippen LogP contribution in [0.4, 0.5) is 5.69 Å². The monoisotopic (exact) mass is 178 g/mol. The molecule has 0 amide bonds. The maximum Gasteiger partial charge on any atom is 0.176 e. The van der Waals surface area contributed by atoms with Crippen molar-refractivity contribution in [2.24, 2.45) is 5.18 Å². The van der Waals surface area contributed by atoms with Crippen LogP contribution >= 0.6 is 0 Å². The number of hydrogen-bond acceptors (Lipinski definition) is 5. The highest BCUT2D eigenvalue weighted by Crippen LogP contribution is 2.33. The van der Waals surface area contributed by atoms with Crippen LogP contribution in [0.3, 0.4) is 0 Å². The Morgan fingerprint density at radius 3 is 2.77 bits per heavy atom. The smallest absolute Gasteiger partial charge is 0.176 e. The van der Waals surface area contributed by atoms with E-state index in [0.29, 0.717) is 0 Å². The van der Waals surface area contributed by atoms with Crippen molar-refractivity contribution in [3.8, 4) is 17.6 Å². The van der Waals surface area contributed by atoms with Crippen molar-refractivity contribution in [2.45, 2.75) is 0 Å². The van der Waals surface area contributed by atoms with Gasteiger partial charge in [-0.2, -0.15) is 5.26 Å². The number of ether oxygens (including phenoxy) is 1. The summed E-state index contributed by atoms with van der Waals surface area (Å²) in [7, 11) is 1.32. The van der Waals surface area contributed by atoms with Crippen LogP contribution in [0.2, 0.25) is 0 Å². The molecule has 0 saturated carbocycles. The van der Waals surface area contributed by atoms with E-state index in [0.717, 1.165) is 0 Å². The summed E-state index contributed by atoms with van der Waals surface area (Å²) in [6.07, 6.45) is 0. The second kappa shape index (κ2) is 3.54. The Balaban J connectivity index is 3.39. The molecule has 1 rings (SSSR count). The molecule has 0 radical (unpaired) electrons. The highest BCUT2D eigenvalue weighted by molar-refractivity contribution is 5.59. The Morgan fingerprint density at radius 2 is 2.31 bits per heavy atom. The van der Waals surface area contributed by atoms with Crippen molar-refractivity contribution in [3.63, 3.8) is 0 Å². The largest absolute Gasteiger partial charge is 0.503 e. The molecule has 0 atom stereocenters. The molecule has 5 heteroatoms. The van der Waals surface area contributed by atoms with Crippen molar-refractivity contribution in [1.82, 2.24) is 0 Å². The van der Waals surface area contributed by atoms with E-state index in [2.05, 4.69) is 5.18 Å². The SMILES string of the molecule is COc1cc(N=O)cc(C#N)c1O. The second-order valence-electron chi connectivity index (χ2n) is 2.25. The average molecular weight is 178 g/mol. The summed E-state index contributed by atoms with van der Waals surface area (Å²) in [5.74, 6) is -0.217. The molecule has 0 aromatic heterocycles. The summed E-state index contributed by atoms with van der Waals surface area (Å²) in [5.41, 5.74) is 0.0140. The van der Waals surface area contributed by atoms with Crippen LogP contribution in [-0.4, -0.2) is 12.2 Å². The first kappa shape index (κ1) is 9.00. The van der Waals surface area contributed by atoms with E-state index in [1.807, 2.05) is 0 Å². The molecule has 66 valence electrons. The fourth-order valence-electron chi connectivity index (χ4n) is 0.887. The van der Waals surface area contributed by atoms with Gasteiger partial charge in [-0.05, 0) is 11.2 Å². The molecule has 13 heavy (non-hydrogen) atoms. The number of benzene rings is 1. The summed E-state index contributed by atoms with van der Waals surface area (Å²) in [5, 5.41) is 20.5. The second-order valence-corrected chi connectivity index (χ2v) is 2.25. The lowest BCUT2D eigenvalue weighted by molar-refractivity contribution is 0.373. The van der Waals surface area contributed by atoms with Crippen LogP contribution in [0, 0.1) is 16.2 Å². The van der Waals surface area contributed by atoms with Gasteiger partial charge in [0.25, 0.3) is 0 Å². The van der Waals surface area contributed by atoms with E-state index in [-0.39, 0.29) is 22.7 Å². The van der Waals surface area contributed by atoms with Gasteiger partial charge in [-0.1, -0.05) is 0 Å². The summed E-state index contributed by atoms with van der Waals surface area (Å²) in [6, 6.07) is 4.15. The van der Waals surface area contributed by atoms with Gasteiger partial charge in [0.15, 0.2) is 11.5 Å². The van der Waals surface area contributed by atoms with E-state index in [4.69, 9.17) is 10.00 Å². The number of nitriles is 1. The molecule has 0 bridgehead atoms. The first-order chi connectivity index (χ1) is 6.22. The highest BCUT2D eigenvalue weighted by atomic mass is 16.5. The van der Waals surface area contributed by atoms with Crippen LogP contribution in [-0.2, 0) is 0 Å². The van der Waals surface area contributed by atoms with Gasteiger partial charge >= 0.3 is 0 Å². The first-order valence-electron chi connectivity index (χ1n) is 3.37. The van der Waals surface area contributed by atoms with E-state index >= 15 is 0 Å². The van der Waals surface area contributed by atoms with Crippen LogP contribution in [0.15, 0.2) is 17.3 Å². The quantitative estimate of drug-likeness (QED) is 0.698. The number of methoxy groups -OCH3 is 1. The molecule has 1 aromatic carbocycles. The lowest BCUT2D eigenvalue weighted by Gasteiger charge is -2.03. The van der Waals surface area contributed by atoms with Crippen molar-refractivity contribution in [2.75, 3.05) is 7.11 Å². The van der Waals surface area contributed by atoms with Gasteiger partial charge in [-0.3, -0.25) is 0 Å². The van der Waals surface area contributed by atoms with Gasteiger partial charge < -0.3 is 9.84 Å². The van der Waals surface area contributed by atoms with Crippen LogP contribution in [0.5, 0.6) is 11.5 Å². The third-order valence-electron chi connectivity index (χ3n) is 1.51. The maximum absolute atomic E-state index is 10.2. The normalized spacial score (nSPS) is 8.92. The fraction of sp³-hybridized carbons (Fsp3) is 0.125. The molecule has 1 N–H and O–H groups in total. The van der Waals surface area contributed by atoms with Gasteiger partial charge in [-0.25, -0.2) is 0 Å². The lowest BCUT2D eigenvalue weighted by Crippen LogP contribution is -1.86. The Kier molecular flexibility index (Phi) is 2.45. The van der Waals surface area contributed by atoms with E-state index in [9.17, 15) is 10.0 Å². The zero-order valence-corrected chi connectivity index (χ0v) is 6.81. The van der Waals surface area contributed by atoms with Gasteiger partial charge in [0.1, 0.15) is 11.8 Å². The third kappa shape index (κ3) is 1.56. The maximum atomic E-state index is 10.2. The molecule has 0 aliphatic rings. The van der Waals surface area contributed by atoms with E-state index in [1.165, 1.54) is 19.2 Å². The summed E-state index contributed by atoms with van der Waals surface area (Å²) < 4.78 is 4.73. The molecule has 0 unspecified atom stereocenters. The van der Waals surface area contributed by atoms with Crippen molar-refractivity contribution >= 4 is 5.69 Å². The van der Waals surface area contributed by atoms with Gasteiger partial charge in [-0.15, -0.1) is 4.91 Å². The number of nitroso groups, excluding NO2 is 1.